The van der Waals surface area contributed by atoms with Gasteiger partial charge in [-0.25, -0.2) is 4.79 Å². The summed E-state index contributed by atoms with van der Waals surface area (Å²) in [6.45, 7) is 0.102. The van der Waals surface area contributed by atoms with E-state index in [1.807, 2.05) is 12.1 Å². The molecule has 2 rings (SSSR count). The van der Waals surface area contributed by atoms with E-state index in [4.69, 9.17) is 28.3 Å². The largest absolute Gasteiger partial charge is 0.396 e. The number of nitrogens with one attached hydrogen (secondary N) is 2. The number of halogens is 2. The quantitative estimate of drug-likeness (QED) is 0.790. The summed E-state index contributed by atoms with van der Waals surface area (Å²) in [7, 11) is 0. The van der Waals surface area contributed by atoms with E-state index < -0.39 is 0 Å². The number of aliphatic hydroxyl groups excluding tert-OH is 1. The Labute approximate surface area is 132 Å². The Morgan fingerprint density at radius 1 is 0.952 bits per heavy atom. The molecule has 4 nitrogen and oxygen atoms in total. The molecule has 0 atom stereocenters. The molecule has 0 aliphatic rings. The Morgan fingerprint density at radius 2 is 1.57 bits per heavy atom. The van der Waals surface area contributed by atoms with Crippen LogP contribution in [0.3, 0.4) is 0 Å². The molecular formula is C15H14Cl2N2O2. The highest BCUT2D eigenvalue weighted by atomic mass is 35.5. The van der Waals surface area contributed by atoms with Crippen LogP contribution in [0, 0.1) is 0 Å². The summed E-state index contributed by atoms with van der Waals surface area (Å²) in [6, 6.07) is 11.7. The van der Waals surface area contributed by atoms with E-state index in [2.05, 4.69) is 10.6 Å². The predicted molar refractivity (Wildman–Crippen MR) is 86.3 cm³/mol. The maximum Gasteiger partial charge on any atom is 0.323 e. The molecule has 0 heterocycles. The topological polar surface area (TPSA) is 61.4 Å². The SMILES string of the molecule is O=C(Nc1ccc(CCO)cc1)Nc1ccc(Cl)c(Cl)c1. The van der Waals surface area contributed by atoms with Gasteiger partial charge in [0, 0.05) is 18.0 Å². The summed E-state index contributed by atoms with van der Waals surface area (Å²) in [5, 5.41) is 15.0. The molecular weight excluding hydrogens is 311 g/mol. The van der Waals surface area contributed by atoms with Crippen LogP contribution in [0.15, 0.2) is 42.5 Å². The third-order valence-electron chi connectivity index (χ3n) is 2.79. The van der Waals surface area contributed by atoms with Gasteiger partial charge >= 0.3 is 6.03 Å². The van der Waals surface area contributed by atoms with Gasteiger partial charge in [-0.3, -0.25) is 0 Å². The summed E-state index contributed by atoms with van der Waals surface area (Å²) in [6.07, 6.45) is 0.593. The smallest absolute Gasteiger partial charge is 0.323 e. The molecule has 0 radical (unpaired) electrons. The minimum atomic E-state index is -0.372. The van der Waals surface area contributed by atoms with Gasteiger partial charge in [0.2, 0.25) is 0 Å². The second kappa shape index (κ2) is 7.31. The van der Waals surface area contributed by atoms with Crippen LogP contribution in [-0.4, -0.2) is 17.7 Å². The number of aliphatic hydroxyl groups is 1. The molecule has 2 aromatic carbocycles. The van der Waals surface area contributed by atoms with Crippen molar-refractivity contribution in [1.82, 2.24) is 0 Å². The third kappa shape index (κ3) is 4.63. The van der Waals surface area contributed by atoms with Crippen LogP contribution in [-0.2, 0) is 6.42 Å². The van der Waals surface area contributed by atoms with Crippen molar-refractivity contribution in [1.29, 1.82) is 0 Å². The number of carbonyl (C=O) groups is 1. The molecule has 110 valence electrons. The average molecular weight is 325 g/mol. The normalized spacial score (nSPS) is 10.2. The standard InChI is InChI=1S/C15H14Cl2N2O2/c16-13-6-5-12(9-14(13)17)19-15(21)18-11-3-1-10(2-4-11)7-8-20/h1-6,9,20H,7-8H2,(H2,18,19,21). The summed E-state index contributed by atoms with van der Waals surface area (Å²) < 4.78 is 0. The highest BCUT2D eigenvalue weighted by molar-refractivity contribution is 6.42. The molecule has 2 aromatic rings. The molecule has 3 N–H and O–H groups in total. The molecule has 2 amide bonds. The molecule has 0 saturated carbocycles. The van der Waals surface area contributed by atoms with Crippen LogP contribution in [0.2, 0.25) is 10.0 Å². The molecule has 21 heavy (non-hydrogen) atoms. The van der Waals surface area contributed by atoms with Gasteiger partial charge in [-0.1, -0.05) is 35.3 Å². The lowest BCUT2D eigenvalue weighted by Crippen LogP contribution is -2.19. The average Bonchev–Trinajstić information content (AvgIpc) is 2.45. The van der Waals surface area contributed by atoms with Crippen LogP contribution in [0.5, 0.6) is 0 Å². The fourth-order valence-corrected chi connectivity index (χ4v) is 2.05. The van der Waals surface area contributed by atoms with E-state index in [-0.39, 0.29) is 12.6 Å². The van der Waals surface area contributed by atoms with Crippen LogP contribution < -0.4 is 10.6 Å². The molecule has 0 aliphatic carbocycles. The van der Waals surface area contributed by atoms with Crippen molar-refractivity contribution in [3.63, 3.8) is 0 Å². The van der Waals surface area contributed by atoms with E-state index in [0.717, 1.165) is 5.56 Å². The molecule has 0 aromatic heterocycles. The number of urea groups is 1. The van der Waals surface area contributed by atoms with Gasteiger partial charge in [-0.05, 0) is 42.3 Å². The summed E-state index contributed by atoms with van der Waals surface area (Å²) in [5.74, 6) is 0. The highest BCUT2D eigenvalue weighted by Gasteiger charge is 2.05. The second-order valence-electron chi connectivity index (χ2n) is 4.38. The summed E-state index contributed by atoms with van der Waals surface area (Å²) in [5.41, 5.74) is 2.22. The maximum atomic E-state index is 11.9. The summed E-state index contributed by atoms with van der Waals surface area (Å²) in [4.78, 5) is 11.9. The lowest BCUT2D eigenvalue weighted by atomic mass is 10.1. The molecule has 6 heteroatoms. The maximum absolute atomic E-state index is 11.9. The molecule has 0 unspecified atom stereocenters. The molecule has 0 bridgehead atoms. The Hall–Kier alpha value is -1.75. The first kappa shape index (κ1) is 15.6. The van der Waals surface area contributed by atoms with Crippen LogP contribution in [0.4, 0.5) is 16.2 Å². The number of carbonyl (C=O) groups excluding carboxylic acids is 1. The third-order valence-corrected chi connectivity index (χ3v) is 3.53. The van der Waals surface area contributed by atoms with Gasteiger partial charge in [-0.15, -0.1) is 0 Å². The zero-order chi connectivity index (χ0) is 15.2. The minimum absolute atomic E-state index is 0.102. The van der Waals surface area contributed by atoms with Gasteiger partial charge in [-0.2, -0.15) is 0 Å². The van der Waals surface area contributed by atoms with E-state index in [1.165, 1.54) is 0 Å². The number of anilines is 2. The number of benzene rings is 2. The van der Waals surface area contributed by atoms with E-state index in [9.17, 15) is 4.79 Å². The first-order chi connectivity index (χ1) is 10.1. The monoisotopic (exact) mass is 324 g/mol. The molecule has 0 aliphatic heterocycles. The van der Waals surface area contributed by atoms with E-state index in [0.29, 0.717) is 27.8 Å². The summed E-state index contributed by atoms with van der Waals surface area (Å²) >= 11 is 11.7. The van der Waals surface area contributed by atoms with Crippen LogP contribution >= 0.6 is 23.2 Å². The van der Waals surface area contributed by atoms with Crippen molar-refractivity contribution in [3.05, 3.63) is 58.1 Å². The van der Waals surface area contributed by atoms with E-state index in [1.54, 1.807) is 30.3 Å². The van der Waals surface area contributed by atoms with Crippen molar-refractivity contribution in [2.24, 2.45) is 0 Å². The zero-order valence-electron chi connectivity index (χ0n) is 11.1. The Balaban J connectivity index is 1.96. The van der Waals surface area contributed by atoms with Crippen molar-refractivity contribution >= 4 is 40.6 Å². The Morgan fingerprint density at radius 3 is 2.19 bits per heavy atom. The fraction of sp³-hybridized carbons (Fsp3) is 0.133. The van der Waals surface area contributed by atoms with Gasteiger partial charge in [0.05, 0.1) is 10.0 Å². The van der Waals surface area contributed by atoms with E-state index >= 15 is 0 Å². The number of hydrogen-bond donors (Lipinski definition) is 3. The first-order valence-corrected chi connectivity index (χ1v) is 7.07. The van der Waals surface area contributed by atoms with Gasteiger partial charge in [0.1, 0.15) is 0 Å². The lowest BCUT2D eigenvalue weighted by Gasteiger charge is -2.09. The predicted octanol–water partition coefficient (Wildman–Crippen LogP) is 4.17. The Kier molecular flexibility index (Phi) is 5.44. The van der Waals surface area contributed by atoms with Crippen molar-refractivity contribution in [2.75, 3.05) is 17.2 Å². The molecule has 0 saturated heterocycles. The van der Waals surface area contributed by atoms with Gasteiger partial charge < -0.3 is 15.7 Å². The molecule has 0 fully saturated rings. The lowest BCUT2D eigenvalue weighted by molar-refractivity contribution is 0.262. The van der Waals surface area contributed by atoms with Crippen LogP contribution in [0.25, 0.3) is 0 Å². The highest BCUT2D eigenvalue weighted by Crippen LogP contribution is 2.25. The second-order valence-corrected chi connectivity index (χ2v) is 5.19. The zero-order valence-corrected chi connectivity index (χ0v) is 12.6. The first-order valence-electron chi connectivity index (χ1n) is 6.31. The van der Waals surface area contributed by atoms with Gasteiger partial charge in [0.15, 0.2) is 0 Å². The van der Waals surface area contributed by atoms with Crippen molar-refractivity contribution < 1.29 is 9.90 Å². The van der Waals surface area contributed by atoms with Gasteiger partial charge in [0.25, 0.3) is 0 Å². The Bertz CT molecular complexity index is 630. The fourth-order valence-electron chi connectivity index (χ4n) is 1.75. The minimum Gasteiger partial charge on any atom is -0.396 e. The number of rotatable bonds is 4. The van der Waals surface area contributed by atoms with Crippen molar-refractivity contribution in [2.45, 2.75) is 6.42 Å². The van der Waals surface area contributed by atoms with Crippen molar-refractivity contribution in [3.8, 4) is 0 Å². The van der Waals surface area contributed by atoms with Crippen LogP contribution in [0.1, 0.15) is 5.56 Å². The molecule has 0 spiro atoms. The number of hydrogen-bond acceptors (Lipinski definition) is 2. The number of amides is 2.